The number of esters is 1. The Morgan fingerprint density at radius 3 is 2.47 bits per heavy atom. The second-order valence-corrected chi connectivity index (χ2v) is 9.34. The number of amides is 1. The summed E-state index contributed by atoms with van der Waals surface area (Å²) in [6.45, 7) is 1.09. The molecule has 0 radical (unpaired) electrons. The summed E-state index contributed by atoms with van der Waals surface area (Å²) in [7, 11) is 2.96. The predicted molar refractivity (Wildman–Crippen MR) is 126 cm³/mol. The fraction of sp³-hybridized carbons (Fsp3) is 0.667. The van der Waals surface area contributed by atoms with E-state index in [2.05, 4.69) is 10.2 Å². The molecule has 1 amide bonds. The average molecular weight is 466 g/mol. The Kier molecular flexibility index (Phi) is 9.05. The van der Waals surface area contributed by atoms with Crippen LogP contribution in [-0.4, -0.2) is 55.7 Å². The summed E-state index contributed by atoms with van der Waals surface area (Å²) in [5.41, 5.74) is 6.66. The molecule has 2 saturated heterocycles. The molecule has 3 rings (SSSR count). The second-order valence-electron chi connectivity index (χ2n) is 8.93. The van der Waals surface area contributed by atoms with Gasteiger partial charge in [0.25, 0.3) is 5.91 Å². The normalized spacial score (nSPS) is 22.9. The summed E-state index contributed by atoms with van der Waals surface area (Å²) in [6, 6.07) is 4.36. The number of carbonyl (C=O) groups excluding carboxylic acids is 2. The van der Waals surface area contributed by atoms with Crippen molar-refractivity contribution in [1.82, 2.24) is 10.2 Å². The standard InChI is InChI=1S/C24H36ClN3O4/c1-31-22-15-21(26)20(25)14-19(22)24(30)27-16-12-17-8-7-9-18(13-16)28(17)11-6-4-3-5-10-23(29)32-2/h14-18H,3-13,26H2,1-2H3,(H,27,30). The molecule has 1 aromatic carbocycles. The largest absolute Gasteiger partial charge is 0.496 e. The average Bonchev–Trinajstić information content (AvgIpc) is 2.77. The molecule has 2 atom stereocenters. The van der Waals surface area contributed by atoms with Crippen LogP contribution >= 0.6 is 11.6 Å². The Balaban J connectivity index is 1.50. The van der Waals surface area contributed by atoms with Gasteiger partial charge in [0.15, 0.2) is 0 Å². The Labute approximate surface area is 195 Å². The van der Waals surface area contributed by atoms with Gasteiger partial charge in [-0.1, -0.05) is 30.9 Å². The molecule has 7 nitrogen and oxygen atoms in total. The van der Waals surface area contributed by atoms with E-state index in [1.54, 1.807) is 12.1 Å². The van der Waals surface area contributed by atoms with E-state index in [4.69, 9.17) is 26.8 Å². The van der Waals surface area contributed by atoms with Crippen molar-refractivity contribution in [3.63, 3.8) is 0 Å². The summed E-state index contributed by atoms with van der Waals surface area (Å²) < 4.78 is 10.0. The highest BCUT2D eigenvalue weighted by Gasteiger charge is 2.38. The van der Waals surface area contributed by atoms with Crippen molar-refractivity contribution >= 4 is 29.2 Å². The van der Waals surface area contributed by atoms with Gasteiger partial charge in [0.1, 0.15) is 5.75 Å². The zero-order chi connectivity index (χ0) is 23.1. The lowest BCUT2D eigenvalue weighted by atomic mass is 9.81. The second kappa shape index (κ2) is 11.8. The number of ether oxygens (including phenoxy) is 2. The zero-order valence-corrected chi connectivity index (χ0v) is 20.0. The number of piperidine rings is 2. The van der Waals surface area contributed by atoms with E-state index in [1.165, 1.54) is 33.5 Å². The number of hydrogen-bond acceptors (Lipinski definition) is 6. The van der Waals surface area contributed by atoms with Gasteiger partial charge >= 0.3 is 5.97 Å². The van der Waals surface area contributed by atoms with Crippen LogP contribution in [0.5, 0.6) is 5.75 Å². The number of nitrogens with one attached hydrogen (secondary N) is 1. The maximum absolute atomic E-state index is 13.0. The number of nitrogens with two attached hydrogens (primary N) is 1. The molecule has 2 bridgehead atoms. The Morgan fingerprint density at radius 1 is 1.12 bits per heavy atom. The van der Waals surface area contributed by atoms with Crippen LogP contribution in [0.4, 0.5) is 5.69 Å². The summed E-state index contributed by atoms with van der Waals surface area (Å²) in [5, 5.41) is 3.57. The number of fused-ring (bicyclic) bond motifs is 2. The molecule has 2 heterocycles. The van der Waals surface area contributed by atoms with Crippen LogP contribution < -0.4 is 15.8 Å². The number of nitrogen functional groups attached to an aromatic ring is 1. The minimum Gasteiger partial charge on any atom is -0.496 e. The van der Waals surface area contributed by atoms with Crippen molar-refractivity contribution < 1.29 is 19.1 Å². The molecule has 32 heavy (non-hydrogen) atoms. The molecule has 2 aliphatic rings. The van der Waals surface area contributed by atoms with Gasteiger partial charge in [-0.2, -0.15) is 0 Å². The third-order valence-corrected chi connectivity index (χ3v) is 7.13. The highest BCUT2D eigenvalue weighted by atomic mass is 35.5. The molecule has 2 fully saturated rings. The smallest absolute Gasteiger partial charge is 0.305 e. The minimum absolute atomic E-state index is 0.123. The van der Waals surface area contributed by atoms with Gasteiger partial charge in [-0.15, -0.1) is 0 Å². The van der Waals surface area contributed by atoms with Gasteiger partial charge in [-0.3, -0.25) is 14.5 Å². The molecule has 178 valence electrons. The van der Waals surface area contributed by atoms with Gasteiger partial charge in [0, 0.05) is 30.6 Å². The number of hydrogen-bond donors (Lipinski definition) is 2. The third-order valence-electron chi connectivity index (χ3n) is 6.80. The van der Waals surface area contributed by atoms with Crippen molar-refractivity contribution in [3.05, 3.63) is 22.7 Å². The van der Waals surface area contributed by atoms with Crippen molar-refractivity contribution in [2.45, 2.75) is 82.3 Å². The first-order valence-electron chi connectivity index (χ1n) is 11.7. The number of methoxy groups -OCH3 is 2. The Bertz CT molecular complexity index is 790. The van der Waals surface area contributed by atoms with Crippen molar-refractivity contribution in [1.29, 1.82) is 0 Å². The molecule has 3 N–H and O–H groups in total. The van der Waals surface area contributed by atoms with Crippen molar-refractivity contribution in [2.75, 3.05) is 26.5 Å². The lowest BCUT2D eigenvalue weighted by Crippen LogP contribution is -2.57. The van der Waals surface area contributed by atoms with Crippen LogP contribution in [0.15, 0.2) is 12.1 Å². The van der Waals surface area contributed by atoms with Crippen LogP contribution in [0.3, 0.4) is 0 Å². The number of anilines is 1. The Morgan fingerprint density at radius 2 is 1.81 bits per heavy atom. The van der Waals surface area contributed by atoms with Crippen LogP contribution in [0, 0.1) is 0 Å². The first-order chi connectivity index (χ1) is 15.4. The van der Waals surface area contributed by atoms with Crippen molar-refractivity contribution in [3.8, 4) is 5.75 Å². The van der Waals surface area contributed by atoms with Gasteiger partial charge < -0.3 is 20.5 Å². The number of carbonyl (C=O) groups is 2. The quantitative estimate of drug-likeness (QED) is 0.306. The van der Waals surface area contributed by atoms with Crippen molar-refractivity contribution in [2.24, 2.45) is 0 Å². The van der Waals surface area contributed by atoms with E-state index >= 15 is 0 Å². The minimum atomic E-state index is -0.161. The van der Waals surface area contributed by atoms with Gasteiger partial charge in [0.2, 0.25) is 0 Å². The summed E-state index contributed by atoms with van der Waals surface area (Å²) in [4.78, 5) is 26.8. The van der Waals surface area contributed by atoms with Gasteiger partial charge in [0.05, 0.1) is 30.5 Å². The first kappa shape index (κ1) is 24.6. The first-order valence-corrected chi connectivity index (χ1v) is 12.1. The van der Waals surface area contributed by atoms with E-state index in [9.17, 15) is 9.59 Å². The molecule has 0 saturated carbocycles. The highest BCUT2D eigenvalue weighted by Crippen LogP contribution is 2.35. The number of benzene rings is 1. The van der Waals surface area contributed by atoms with E-state index in [-0.39, 0.29) is 17.9 Å². The van der Waals surface area contributed by atoms with E-state index in [1.807, 2.05) is 0 Å². The Hall–Kier alpha value is -1.99. The lowest BCUT2D eigenvalue weighted by Gasteiger charge is -2.49. The third kappa shape index (κ3) is 6.29. The van der Waals surface area contributed by atoms with Crippen LogP contribution in [0.25, 0.3) is 0 Å². The molecular formula is C24H36ClN3O4. The molecule has 2 unspecified atom stereocenters. The molecule has 8 heteroatoms. The fourth-order valence-corrected chi connectivity index (χ4v) is 5.32. The van der Waals surface area contributed by atoms with E-state index in [0.29, 0.717) is 40.5 Å². The number of nitrogens with zero attached hydrogens (tertiary/aromatic N) is 1. The van der Waals surface area contributed by atoms with Gasteiger partial charge in [-0.05, 0) is 51.1 Å². The summed E-state index contributed by atoms with van der Waals surface area (Å²) >= 11 is 6.14. The van der Waals surface area contributed by atoms with E-state index in [0.717, 1.165) is 45.1 Å². The molecular weight excluding hydrogens is 430 g/mol. The highest BCUT2D eigenvalue weighted by molar-refractivity contribution is 6.33. The number of unbranched alkanes of at least 4 members (excludes halogenated alkanes) is 3. The maximum Gasteiger partial charge on any atom is 0.305 e. The summed E-state index contributed by atoms with van der Waals surface area (Å²) in [5.74, 6) is 0.155. The van der Waals surface area contributed by atoms with Crippen LogP contribution in [0.1, 0.15) is 74.6 Å². The lowest BCUT2D eigenvalue weighted by molar-refractivity contribution is -0.140. The van der Waals surface area contributed by atoms with Crippen LogP contribution in [-0.2, 0) is 9.53 Å². The topological polar surface area (TPSA) is 93.9 Å². The summed E-state index contributed by atoms with van der Waals surface area (Å²) in [6.07, 6.45) is 10.3. The predicted octanol–water partition coefficient (Wildman–Crippen LogP) is 4.17. The maximum atomic E-state index is 13.0. The van der Waals surface area contributed by atoms with Crippen LogP contribution in [0.2, 0.25) is 5.02 Å². The van der Waals surface area contributed by atoms with Gasteiger partial charge in [-0.25, -0.2) is 0 Å². The zero-order valence-electron chi connectivity index (χ0n) is 19.2. The molecule has 0 aromatic heterocycles. The molecule has 1 aromatic rings. The molecule has 0 aliphatic carbocycles. The number of halogens is 1. The molecule has 0 spiro atoms. The SMILES string of the molecule is COC(=O)CCCCCCN1C2CCCC1CC(NC(=O)c1cc(Cl)c(N)cc1OC)C2. The number of rotatable bonds is 10. The molecule has 2 aliphatic heterocycles. The fourth-order valence-electron chi connectivity index (χ4n) is 5.16. The monoisotopic (exact) mass is 465 g/mol. The van der Waals surface area contributed by atoms with E-state index < -0.39 is 0 Å².